The normalized spacial score (nSPS) is 18.7. The van der Waals surface area contributed by atoms with Crippen molar-refractivity contribution in [1.29, 1.82) is 0 Å². The van der Waals surface area contributed by atoms with Crippen LogP contribution >= 0.6 is 0 Å². The Morgan fingerprint density at radius 3 is 2.76 bits per heavy atom. The minimum absolute atomic E-state index is 0.0600. The van der Waals surface area contributed by atoms with Crippen LogP contribution in [-0.4, -0.2) is 52.5 Å². The van der Waals surface area contributed by atoms with Gasteiger partial charge in [0.05, 0.1) is 0 Å². The Labute approximate surface area is 171 Å². The number of para-hydroxylation sites is 1. The minimum atomic E-state index is -0.498. The molecule has 152 valence electrons. The maximum Gasteiger partial charge on any atom is 0.318 e. The molecule has 0 radical (unpaired) electrons. The molecule has 1 unspecified atom stereocenters. The van der Waals surface area contributed by atoms with Gasteiger partial charge in [-0.25, -0.2) is 14.8 Å². The number of urea groups is 1. The average Bonchev–Trinajstić information content (AvgIpc) is 3.20. The highest BCUT2D eigenvalue weighted by atomic mass is 16.2. The Kier molecular flexibility index (Phi) is 5.47. The highest BCUT2D eigenvalue weighted by molar-refractivity contribution is 5.99. The summed E-state index contributed by atoms with van der Waals surface area (Å²) in [5.74, 6) is 0.719. The second-order valence-electron chi connectivity index (χ2n) is 7.68. The topological polar surface area (TPSA) is 78.4 Å². The molecule has 1 atom stereocenters. The number of nitrogens with zero attached hydrogens (tertiary/aromatic N) is 4. The van der Waals surface area contributed by atoms with Crippen molar-refractivity contribution < 1.29 is 9.59 Å². The molecule has 1 N–H and O–H groups in total. The summed E-state index contributed by atoms with van der Waals surface area (Å²) in [6, 6.07) is 8.87. The zero-order valence-corrected chi connectivity index (χ0v) is 17.0. The lowest BCUT2D eigenvalue weighted by atomic mass is 10.1. The quantitative estimate of drug-likeness (QED) is 0.864. The fraction of sp³-hybridized carbons (Fsp3) is 0.455. The van der Waals surface area contributed by atoms with Gasteiger partial charge in [-0.2, -0.15) is 0 Å². The summed E-state index contributed by atoms with van der Waals surface area (Å²) in [6.07, 6.45) is 3.82. The van der Waals surface area contributed by atoms with Crippen molar-refractivity contribution in [3.05, 3.63) is 53.1 Å². The number of rotatable bonds is 4. The van der Waals surface area contributed by atoms with E-state index in [4.69, 9.17) is 0 Å². The first-order chi connectivity index (χ1) is 14.0. The molecule has 4 rings (SSSR count). The van der Waals surface area contributed by atoms with Gasteiger partial charge in [0.2, 0.25) is 5.91 Å². The van der Waals surface area contributed by atoms with E-state index >= 15 is 0 Å². The number of benzene rings is 1. The van der Waals surface area contributed by atoms with Crippen LogP contribution in [0.5, 0.6) is 0 Å². The van der Waals surface area contributed by atoms with Crippen LogP contribution in [0.3, 0.4) is 0 Å². The van der Waals surface area contributed by atoms with Gasteiger partial charge in [-0.3, -0.25) is 4.79 Å². The van der Waals surface area contributed by atoms with Crippen LogP contribution in [0, 0.1) is 6.92 Å². The number of anilines is 1. The summed E-state index contributed by atoms with van der Waals surface area (Å²) in [7, 11) is 0. The van der Waals surface area contributed by atoms with Crippen LogP contribution in [0.15, 0.2) is 30.3 Å². The fourth-order valence-corrected chi connectivity index (χ4v) is 4.19. The molecule has 1 aliphatic heterocycles. The number of fused-ring (bicyclic) bond motifs is 1. The number of carbonyl (C=O) groups is 2. The Bertz CT molecular complexity index is 915. The summed E-state index contributed by atoms with van der Waals surface area (Å²) in [5.41, 5.74) is 4.38. The third-order valence-corrected chi connectivity index (χ3v) is 5.80. The summed E-state index contributed by atoms with van der Waals surface area (Å²) in [5, 5.41) is 2.93. The summed E-state index contributed by atoms with van der Waals surface area (Å²) in [4.78, 5) is 38.0. The van der Waals surface area contributed by atoms with Gasteiger partial charge in [0.15, 0.2) is 0 Å². The lowest BCUT2D eigenvalue weighted by Gasteiger charge is -2.39. The van der Waals surface area contributed by atoms with E-state index in [-0.39, 0.29) is 11.9 Å². The van der Waals surface area contributed by atoms with E-state index in [1.54, 1.807) is 16.7 Å². The van der Waals surface area contributed by atoms with Crippen molar-refractivity contribution in [3.63, 3.8) is 0 Å². The number of nitrogens with one attached hydrogen (secondary N) is 1. The molecule has 1 aromatic carbocycles. The Hall–Kier alpha value is -2.96. The highest BCUT2D eigenvalue weighted by Crippen LogP contribution is 2.22. The number of carbonyl (C=O) groups excluding carboxylic acids is 2. The lowest BCUT2D eigenvalue weighted by Crippen LogP contribution is -2.59. The smallest absolute Gasteiger partial charge is 0.318 e. The fourth-order valence-electron chi connectivity index (χ4n) is 4.19. The predicted molar refractivity (Wildman–Crippen MR) is 111 cm³/mol. The standard InChI is InChI=1S/C22H27N5O2/c1-15-18-9-6-10-19(18)25-20(24-15)11-12-23-22(29)26-13-14-27(21(28)16(26)2)17-7-4-3-5-8-17/h3-5,7-8,16H,6,9-14H2,1-2H3,(H,23,29). The van der Waals surface area contributed by atoms with Crippen LogP contribution in [0.4, 0.5) is 10.5 Å². The number of hydrogen-bond acceptors (Lipinski definition) is 4. The summed E-state index contributed by atoms with van der Waals surface area (Å²) >= 11 is 0. The molecule has 0 bridgehead atoms. The molecule has 1 saturated heterocycles. The first-order valence-electron chi connectivity index (χ1n) is 10.3. The van der Waals surface area contributed by atoms with Crippen LogP contribution < -0.4 is 10.2 Å². The molecule has 0 spiro atoms. The van der Waals surface area contributed by atoms with Gasteiger partial charge in [-0.1, -0.05) is 18.2 Å². The van der Waals surface area contributed by atoms with E-state index in [2.05, 4.69) is 15.3 Å². The first-order valence-corrected chi connectivity index (χ1v) is 10.3. The van der Waals surface area contributed by atoms with Crippen molar-refractivity contribution in [2.45, 2.75) is 45.6 Å². The highest BCUT2D eigenvalue weighted by Gasteiger charge is 2.34. The van der Waals surface area contributed by atoms with E-state index in [1.807, 2.05) is 37.3 Å². The molecular formula is C22H27N5O2. The van der Waals surface area contributed by atoms with Crippen molar-refractivity contribution in [1.82, 2.24) is 20.2 Å². The maximum absolute atomic E-state index is 12.8. The van der Waals surface area contributed by atoms with Gasteiger partial charge >= 0.3 is 6.03 Å². The molecule has 29 heavy (non-hydrogen) atoms. The lowest BCUT2D eigenvalue weighted by molar-refractivity contribution is -0.124. The zero-order chi connectivity index (χ0) is 20.4. The van der Waals surface area contributed by atoms with Crippen LogP contribution in [0.2, 0.25) is 0 Å². The third kappa shape index (κ3) is 3.95. The molecule has 0 saturated carbocycles. The molecule has 3 amide bonds. The largest absolute Gasteiger partial charge is 0.338 e. The average molecular weight is 393 g/mol. The monoisotopic (exact) mass is 393 g/mol. The number of amides is 3. The second kappa shape index (κ2) is 8.19. The van der Waals surface area contributed by atoms with Crippen molar-refractivity contribution >= 4 is 17.6 Å². The van der Waals surface area contributed by atoms with E-state index < -0.39 is 6.04 Å². The molecule has 1 fully saturated rings. The van der Waals surface area contributed by atoms with Gasteiger partial charge < -0.3 is 15.1 Å². The van der Waals surface area contributed by atoms with Gasteiger partial charge in [0, 0.05) is 43.1 Å². The van der Waals surface area contributed by atoms with Gasteiger partial charge in [0.25, 0.3) is 0 Å². The van der Waals surface area contributed by atoms with Crippen molar-refractivity contribution in [2.24, 2.45) is 0 Å². The van der Waals surface area contributed by atoms with E-state index in [9.17, 15) is 9.59 Å². The molecule has 2 aliphatic rings. The number of hydrogen-bond donors (Lipinski definition) is 1. The molecule has 2 aromatic rings. The van der Waals surface area contributed by atoms with Gasteiger partial charge in [0.1, 0.15) is 11.9 Å². The summed E-state index contributed by atoms with van der Waals surface area (Å²) < 4.78 is 0. The Morgan fingerprint density at radius 2 is 1.97 bits per heavy atom. The molecule has 7 nitrogen and oxygen atoms in total. The maximum atomic E-state index is 12.8. The molecule has 1 aromatic heterocycles. The van der Waals surface area contributed by atoms with E-state index in [1.165, 1.54) is 5.56 Å². The van der Waals surface area contributed by atoms with Crippen LogP contribution in [-0.2, 0) is 24.1 Å². The SMILES string of the molecule is Cc1nc(CCNC(=O)N2CCN(c3ccccc3)C(=O)C2C)nc2c1CCC2. The molecule has 1 aliphatic carbocycles. The number of piperazine rings is 1. The van der Waals surface area contributed by atoms with Crippen LogP contribution in [0.25, 0.3) is 0 Å². The third-order valence-electron chi connectivity index (χ3n) is 5.80. The molecule has 7 heteroatoms. The van der Waals surface area contributed by atoms with Gasteiger partial charge in [-0.05, 0) is 50.8 Å². The van der Waals surface area contributed by atoms with E-state index in [0.717, 1.165) is 42.2 Å². The summed E-state index contributed by atoms with van der Waals surface area (Å²) in [6.45, 7) is 5.27. The Morgan fingerprint density at radius 1 is 1.17 bits per heavy atom. The second-order valence-corrected chi connectivity index (χ2v) is 7.68. The predicted octanol–water partition coefficient (Wildman–Crippen LogP) is 2.26. The van der Waals surface area contributed by atoms with E-state index in [0.29, 0.717) is 26.1 Å². The van der Waals surface area contributed by atoms with Gasteiger partial charge in [-0.15, -0.1) is 0 Å². The molecule has 2 heterocycles. The minimum Gasteiger partial charge on any atom is -0.338 e. The van der Waals surface area contributed by atoms with Crippen molar-refractivity contribution in [3.8, 4) is 0 Å². The molecular weight excluding hydrogens is 366 g/mol. The first kappa shape index (κ1) is 19.4. The zero-order valence-electron chi connectivity index (χ0n) is 17.0. The number of aryl methyl sites for hydroxylation is 2. The van der Waals surface area contributed by atoms with Crippen LogP contribution in [0.1, 0.15) is 36.1 Å². The van der Waals surface area contributed by atoms with Crippen molar-refractivity contribution in [2.75, 3.05) is 24.5 Å². The number of aromatic nitrogens is 2. The Balaban J connectivity index is 1.32.